The molecule has 1 rings (SSSR count). The zero-order chi connectivity index (χ0) is 7.56. The first-order valence-electron chi connectivity index (χ1n) is 2.63. The average Bonchev–Trinajstić information content (AvgIpc) is 1.88. The molecule has 0 bridgehead atoms. The van der Waals surface area contributed by atoms with Crippen molar-refractivity contribution in [3.8, 4) is 0 Å². The van der Waals surface area contributed by atoms with Gasteiger partial charge in [0.05, 0.1) is 5.97 Å². The van der Waals surface area contributed by atoms with E-state index in [-0.39, 0.29) is 5.56 Å². The van der Waals surface area contributed by atoms with Crippen LogP contribution in [0.2, 0.25) is 0 Å². The summed E-state index contributed by atoms with van der Waals surface area (Å²) in [5, 5.41) is 10.1. The topological polar surface area (TPSA) is 79.0 Å². The first kappa shape index (κ1) is 6.54. The van der Waals surface area contributed by atoms with Crippen molar-refractivity contribution in [3.63, 3.8) is 0 Å². The second-order valence-electron chi connectivity index (χ2n) is 1.76. The highest BCUT2D eigenvalue weighted by molar-refractivity contribution is 5.85. The number of hydrogen-bond acceptors (Lipinski definition) is 4. The molecular formula is C6H5N2O2-. The van der Waals surface area contributed by atoms with Crippen LogP contribution >= 0.6 is 0 Å². The Kier molecular flexibility index (Phi) is 1.53. The van der Waals surface area contributed by atoms with Crippen molar-refractivity contribution in [3.05, 3.63) is 23.9 Å². The Hall–Kier alpha value is -1.58. The van der Waals surface area contributed by atoms with Crippen LogP contribution in [0.15, 0.2) is 18.3 Å². The van der Waals surface area contributed by atoms with E-state index in [2.05, 4.69) is 4.98 Å². The van der Waals surface area contributed by atoms with Crippen LogP contribution in [0, 0.1) is 0 Å². The van der Waals surface area contributed by atoms with E-state index in [1.807, 2.05) is 0 Å². The van der Waals surface area contributed by atoms with E-state index in [1.165, 1.54) is 12.1 Å². The van der Waals surface area contributed by atoms with Crippen molar-refractivity contribution in [2.75, 3.05) is 5.73 Å². The summed E-state index contributed by atoms with van der Waals surface area (Å²) in [4.78, 5) is 13.7. The lowest BCUT2D eigenvalue weighted by atomic mass is 10.3. The Morgan fingerprint density at radius 3 is 2.70 bits per heavy atom. The summed E-state index contributed by atoms with van der Waals surface area (Å²) in [7, 11) is 0. The zero-order valence-corrected chi connectivity index (χ0v) is 5.07. The van der Waals surface area contributed by atoms with E-state index in [0.29, 0.717) is 5.82 Å². The first-order valence-corrected chi connectivity index (χ1v) is 2.63. The van der Waals surface area contributed by atoms with E-state index in [1.54, 1.807) is 0 Å². The van der Waals surface area contributed by atoms with Gasteiger partial charge in [-0.25, -0.2) is 4.98 Å². The van der Waals surface area contributed by atoms with Crippen LogP contribution in [0.3, 0.4) is 0 Å². The molecule has 0 aliphatic rings. The third-order valence-electron chi connectivity index (χ3n) is 1.02. The molecule has 1 aromatic heterocycles. The Balaban J connectivity index is 3.00. The zero-order valence-electron chi connectivity index (χ0n) is 5.07. The number of carboxylic acids is 1. The monoisotopic (exact) mass is 137 g/mol. The van der Waals surface area contributed by atoms with Gasteiger partial charge in [0, 0.05) is 11.8 Å². The van der Waals surface area contributed by atoms with Crippen LogP contribution in [-0.4, -0.2) is 11.0 Å². The summed E-state index contributed by atoms with van der Waals surface area (Å²) in [6, 6.07) is 2.75. The van der Waals surface area contributed by atoms with Gasteiger partial charge < -0.3 is 15.6 Å². The summed E-state index contributed by atoms with van der Waals surface area (Å²) in [5.74, 6) is -0.947. The summed E-state index contributed by atoms with van der Waals surface area (Å²) in [6.07, 6.45) is 1.16. The fourth-order valence-corrected chi connectivity index (χ4v) is 0.526. The molecule has 0 unspecified atom stereocenters. The van der Waals surface area contributed by atoms with Gasteiger partial charge in [-0.15, -0.1) is 0 Å². The molecule has 2 N–H and O–H groups in total. The molecule has 0 aliphatic carbocycles. The molecule has 4 heteroatoms. The van der Waals surface area contributed by atoms with E-state index < -0.39 is 5.97 Å². The number of nitrogens with zero attached hydrogens (tertiary/aromatic N) is 1. The molecule has 0 fully saturated rings. The highest BCUT2D eigenvalue weighted by atomic mass is 16.4. The second kappa shape index (κ2) is 2.34. The van der Waals surface area contributed by atoms with Gasteiger partial charge in [-0.2, -0.15) is 0 Å². The van der Waals surface area contributed by atoms with Gasteiger partial charge in [0.15, 0.2) is 0 Å². The van der Waals surface area contributed by atoms with Crippen molar-refractivity contribution in [2.24, 2.45) is 0 Å². The molecular weight excluding hydrogens is 132 g/mol. The highest BCUT2D eigenvalue weighted by Crippen LogP contribution is 1.98. The summed E-state index contributed by atoms with van der Waals surface area (Å²) >= 11 is 0. The minimum absolute atomic E-state index is 0.0363. The number of hydrogen-bond donors (Lipinski definition) is 1. The number of carbonyl (C=O) groups excluding carboxylic acids is 1. The molecule has 0 saturated carbocycles. The quantitative estimate of drug-likeness (QED) is 0.540. The average molecular weight is 137 g/mol. The number of pyridine rings is 1. The molecule has 0 radical (unpaired) electrons. The largest absolute Gasteiger partial charge is 0.545 e. The third kappa shape index (κ3) is 1.22. The number of aromatic nitrogens is 1. The smallest absolute Gasteiger partial charge is 0.123 e. The molecule has 0 amide bonds. The Morgan fingerprint density at radius 1 is 1.60 bits per heavy atom. The van der Waals surface area contributed by atoms with Crippen LogP contribution in [0.5, 0.6) is 0 Å². The number of carbonyl (C=O) groups is 1. The van der Waals surface area contributed by atoms with Crippen LogP contribution in [0.1, 0.15) is 10.4 Å². The molecule has 0 spiro atoms. The fourth-order valence-electron chi connectivity index (χ4n) is 0.526. The fraction of sp³-hybridized carbons (Fsp3) is 0. The Morgan fingerprint density at radius 2 is 2.30 bits per heavy atom. The molecule has 0 atom stereocenters. The Labute approximate surface area is 57.3 Å². The van der Waals surface area contributed by atoms with E-state index in [9.17, 15) is 9.90 Å². The van der Waals surface area contributed by atoms with Crippen molar-refractivity contribution in [1.29, 1.82) is 0 Å². The maximum absolute atomic E-state index is 10.1. The van der Waals surface area contributed by atoms with Crippen molar-refractivity contribution < 1.29 is 9.90 Å². The minimum atomic E-state index is -1.24. The van der Waals surface area contributed by atoms with Crippen molar-refractivity contribution in [1.82, 2.24) is 4.98 Å². The van der Waals surface area contributed by atoms with Gasteiger partial charge in [-0.05, 0) is 12.1 Å². The predicted molar refractivity (Wildman–Crippen MR) is 33.0 cm³/mol. The standard InChI is InChI=1S/C6H6N2O2/c7-5-2-1-4(3-8-5)6(9)10/h1-3H,(H2,7,8)(H,9,10)/p-1. The van der Waals surface area contributed by atoms with Gasteiger partial charge in [0.25, 0.3) is 0 Å². The Bertz CT molecular complexity index is 242. The van der Waals surface area contributed by atoms with Crippen molar-refractivity contribution >= 4 is 11.8 Å². The number of anilines is 1. The second-order valence-corrected chi connectivity index (χ2v) is 1.76. The number of carboxylic acid groups (broad SMARTS) is 1. The lowest BCUT2D eigenvalue weighted by molar-refractivity contribution is -0.255. The van der Waals surface area contributed by atoms with Crippen molar-refractivity contribution in [2.45, 2.75) is 0 Å². The molecule has 1 heterocycles. The van der Waals surface area contributed by atoms with Crippen LogP contribution in [0.4, 0.5) is 5.82 Å². The van der Waals surface area contributed by atoms with Gasteiger partial charge in [0.1, 0.15) is 5.82 Å². The lowest BCUT2D eigenvalue weighted by Gasteiger charge is -1.99. The maximum Gasteiger partial charge on any atom is 0.123 e. The normalized spacial score (nSPS) is 9.20. The van der Waals surface area contributed by atoms with Gasteiger partial charge in [-0.3, -0.25) is 0 Å². The summed E-state index contributed by atoms with van der Waals surface area (Å²) < 4.78 is 0. The van der Waals surface area contributed by atoms with Crippen LogP contribution in [-0.2, 0) is 0 Å². The van der Waals surface area contributed by atoms with E-state index >= 15 is 0 Å². The lowest BCUT2D eigenvalue weighted by Crippen LogP contribution is -2.22. The number of aromatic carboxylic acids is 1. The van der Waals surface area contributed by atoms with Gasteiger partial charge >= 0.3 is 0 Å². The SMILES string of the molecule is Nc1ccc(C(=O)[O-])cn1. The van der Waals surface area contributed by atoms with E-state index in [4.69, 9.17) is 5.73 Å². The number of nitrogens with two attached hydrogens (primary N) is 1. The molecule has 0 aromatic carbocycles. The van der Waals surface area contributed by atoms with E-state index in [0.717, 1.165) is 6.20 Å². The van der Waals surface area contributed by atoms with Gasteiger partial charge in [0.2, 0.25) is 0 Å². The molecule has 4 nitrogen and oxygen atoms in total. The molecule has 0 aliphatic heterocycles. The third-order valence-corrected chi connectivity index (χ3v) is 1.02. The summed E-state index contributed by atoms with van der Waals surface area (Å²) in [5.41, 5.74) is 5.24. The minimum Gasteiger partial charge on any atom is -0.545 e. The molecule has 0 saturated heterocycles. The summed E-state index contributed by atoms with van der Waals surface area (Å²) in [6.45, 7) is 0. The number of rotatable bonds is 1. The molecule has 1 aromatic rings. The number of nitrogen functional groups attached to an aromatic ring is 1. The van der Waals surface area contributed by atoms with Gasteiger partial charge in [-0.1, -0.05) is 0 Å². The molecule has 10 heavy (non-hydrogen) atoms. The molecule has 52 valence electrons. The van der Waals surface area contributed by atoms with Crippen LogP contribution < -0.4 is 10.8 Å². The highest BCUT2D eigenvalue weighted by Gasteiger charge is 1.91. The first-order chi connectivity index (χ1) is 4.70. The predicted octanol–water partition coefficient (Wildman–Crippen LogP) is -0.973. The maximum atomic E-state index is 10.1. The van der Waals surface area contributed by atoms with Crippen LogP contribution in [0.25, 0.3) is 0 Å².